The van der Waals surface area contributed by atoms with Gasteiger partial charge in [0.05, 0.1) is 19.9 Å². The summed E-state index contributed by atoms with van der Waals surface area (Å²) in [6.07, 6.45) is 3.06. The van der Waals surface area contributed by atoms with Crippen molar-refractivity contribution in [3.05, 3.63) is 59.1 Å². The van der Waals surface area contributed by atoms with E-state index in [4.69, 9.17) is 33.3 Å². The molecule has 0 bridgehead atoms. The number of thiocarbonyl (C=S) groups is 1. The third-order valence-electron chi connectivity index (χ3n) is 3.19. The average Bonchev–Trinajstić information content (AvgIpc) is 2.61. The van der Waals surface area contributed by atoms with Gasteiger partial charge in [0.25, 0.3) is 0 Å². The van der Waals surface area contributed by atoms with Gasteiger partial charge in [0.15, 0.2) is 5.11 Å². The van der Waals surface area contributed by atoms with E-state index < -0.39 is 0 Å². The Morgan fingerprint density at radius 2 is 1.84 bits per heavy atom. The highest BCUT2D eigenvalue weighted by molar-refractivity contribution is 7.80. The van der Waals surface area contributed by atoms with Crippen LogP contribution in [0.1, 0.15) is 5.56 Å². The number of carbonyl (C=O) groups excluding carboxylic acids is 1. The standard InChI is InChI=1S/C18H17ClN2O3S/c1-23-14-8-9-16(24-2)15(11-14)20-18(25)21-17(22)10-5-12-3-6-13(19)7-4-12/h3-11H,1-2H3,(H2,20,21,22,25)/b10-5+. The number of methoxy groups -OCH3 is 2. The summed E-state index contributed by atoms with van der Waals surface area (Å²) in [7, 11) is 3.11. The zero-order chi connectivity index (χ0) is 18.2. The first kappa shape index (κ1) is 18.8. The van der Waals surface area contributed by atoms with Gasteiger partial charge in [-0.15, -0.1) is 0 Å². The van der Waals surface area contributed by atoms with Gasteiger partial charge in [0.1, 0.15) is 11.5 Å². The van der Waals surface area contributed by atoms with Crippen LogP contribution in [0.3, 0.4) is 0 Å². The van der Waals surface area contributed by atoms with Crippen molar-refractivity contribution in [1.82, 2.24) is 5.32 Å². The van der Waals surface area contributed by atoms with E-state index in [9.17, 15) is 4.79 Å². The molecule has 0 heterocycles. The predicted molar refractivity (Wildman–Crippen MR) is 104 cm³/mol. The zero-order valence-corrected chi connectivity index (χ0v) is 15.3. The molecule has 0 aliphatic heterocycles. The Balaban J connectivity index is 1.97. The first-order valence-corrected chi connectivity index (χ1v) is 8.08. The van der Waals surface area contributed by atoms with Gasteiger partial charge in [-0.05, 0) is 48.1 Å². The van der Waals surface area contributed by atoms with E-state index >= 15 is 0 Å². The smallest absolute Gasteiger partial charge is 0.250 e. The van der Waals surface area contributed by atoms with Crippen LogP contribution >= 0.6 is 23.8 Å². The molecule has 0 aromatic heterocycles. The van der Waals surface area contributed by atoms with E-state index in [1.54, 1.807) is 50.6 Å². The second-order valence-corrected chi connectivity index (χ2v) is 5.74. The van der Waals surface area contributed by atoms with Crippen LogP contribution in [0.5, 0.6) is 11.5 Å². The summed E-state index contributed by atoms with van der Waals surface area (Å²) in [5.74, 6) is 0.864. The van der Waals surface area contributed by atoms with Gasteiger partial charge < -0.3 is 14.8 Å². The quantitative estimate of drug-likeness (QED) is 0.612. The van der Waals surface area contributed by atoms with Crippen molar-refractivity contribution in [2.75, 3.05) is 19.5 Å². The average molecular weight is 377 g/mol. The topological polar surface area (TPSA) is 59.6 Å². The van der Waals surface area contributed by atoms with Crippen molar-refractivity contribution < 1.29 is 14.3 Å². The number of hydrogen-bond acceptors (Lipinski definition) is 4. The van der Waals surface area contributed by atoms with Crippen LogP contribution in [0.15, 0.2) is 48.5 Å². The molecule has 0 saturated carbocycles. The number of nitrogens with one attached hydrogen (secondary N) is 2. The number of benzene rings is 2. The molecule has 2 aromatic carbocycles. The molecular formula is C18H17ClN2O3S. The van der Waals surface area contributed by atoms with E-state index in [0.29, 0.717) is 22.2 Å². The van der Waals surface area contributed by atoms with Crippen molar-refractivity contribution in [1.29, 1.82) is 0 Å². The molecule has 130 valence electrons. The Labute approximate surface area is 156 Å². The molecule has 0 unspecified atom stereocenters. The molecule has 1 amide bonds. The van der Waals surface area contributed by atoms with E-state index in [2.05, 4.69) is 10.6 Å². The van der Waals surface area contributed by atoms with E-state index in [1.165, 1.54) is 6.08 Å². The number of amides is 1. The summed E-state index contributed by atoms with van der Waals surface area (Å²) in [5, 5.41) is 6.28. The van der Waals surface area contributed by atoms with Gasteiger partial charge in [-0.25, -0.2) is 0 Å². The van der Waals surface area contributed by atoms with Gasteiger partial charge in [-0.2, -0.15) is 0 Å². The fourth-order valence-electron chi connectivity index (χ4n) is 1.96. The minimum absolute atomic E-state index is 0.150. The fourth-order valence-corrected chi connectivity index (χ4v) is 2.30. The molecule has 25 heavy (non-hydrogen) atoms. The number of rotatable bonds is 5. The zero-order valence-electron chi connectivity index (χ0n) is 13.7. The Morgan fingerprint density at radius 1 is 1.12 bits per heavy atom. The largest absolute Gasteiger partial charge is 0.497 e. The normalized spacial score (nSPS) is 10.4. The molecule has 0 atom stereocenters. The van der Waals surface area contributed by atoms with Crippen molar-refractivity contribution in [3.8, 4) is 11.5 Å². The Bertz CT molecular complexity index is 791. The van der Waals surface area contributed by atoms with Crippen LogP contribution in [0.2, 0.25) is 5.02 Å². The number of carbonyl (C=O) groups is 1. The Kier molecular flexibility index (Phi) is 6.80. The second-order valence-electron chi connectivity index (χ2n) is 4.89. The number of halogens is 1. The first-order valence-electron chi connectivity index (χ1n) is 7.29. The lowest BCUT2D eigenvalue weighted by Gasteiger charge is -2.13. The molecule has 0 aliphatic carbocycles. The molecule has 0 fully saturated rings. The lowest BCUT2D eigenvalue weighted by Crippen LogP contribution is -2.32. The lowest BCUT2D eigenvalue weighted by molar-refractivity contribution is -0.115. The van der Waals surface area contributed by atoms with Crippen LogP contribution in [0.25, 0.3) is 6.08 Å². The van der Waals surface area contributed by atoms with Gasteiger partial charge in [-0.3, -0.25) is 10.1 Å². The van der Waals surface area contributed by atoms with Gasteiger partial charge in [0.2, 0.25) is 5.91 Å². The maximum Gasteiger partial charge on any atom is 0.250 e. The van der Waals surface area contributed by atoms with E-state index in [1.807, 2.05) is 12.1 Å². The highest BCUT2D eigenvalue weighted by Gasteiger charge is 2.08. The third-order valence-corrected chi connectivity index (χ3v) is 3.64. The maximum atomic E-state index is 12.0. The van der Waals surface area contributed by atoms with Crippen molar-refractivity contribution in [2.45, 2.75) is 0 Å². The molecule has 0 saturated heterocycles. The van der Waals surface area contributed by atoms with Crippen molar-refractivity contribution in [2.24, 2.45) is 0 Å². The lowest BCUT2D eigenvalue weighted by atomic mass is 10.2. The van der Waals surface area contributed by atoms with Crippen LogP contribution in [0, 0.1) is 0 Å². The molecule has 5 nitrogen and oxygen atoms in total. The summed E-state index contributed by atoms with van der Waals surface area (Å²) in [6.45, 7) is 0. The highest BCUT2D eigenvalue weighted by atomic mass is 35.5. The molecule has 2 N–H and O–H groups in total. The summed E-state index contributed by atoms with van der Waals surface area (Å²) >= 11 is 11.0. The maximum absolute atomic E-state index is 12.0. The minimum Gasteiger partial charge on any atom is -0.497 e. The molecule has 7 heteroatoms. The van der Waals surface area contributed by atoms with E-state index in [0.717, 1.165) is 5.56 Å². The molecular weight excluding hydrogens is 360 g/mol. The number of anilines is 1. The summed E-state index contributed by atoms with van der Waals surface area (Å²) in [6, 6.07) is 12.3. The predicted octanol–water partition coefficient (Wildman–Crippen LogP) is 3.88. The van der Waals surface area contributed by atoms with Crippen LogP contribution in [0.4, 0.5) is 5.69 Å². The molecule has 2 aromatic rings. The van der Waals surface area contributed by atoms with Gasteiger partial charge >= 0.3 is 0 Å². The monoisotopic (exact) mass is 376 g/mol. The van der Waals surface area contributed by atoms with Crippen LogP contribution in [-0.2, 0) is 4.79 Å². The van der Waals surface area contributed by atoms with Gasteiger partial charge in [0, 0.05) is 17.2 Å². The minimum atomic E-state index is -0.352. The third kappa shape index (κ3) is 5.77. The summed E-state index contributed by atoms with van der Waals surface area (Å²) in [4.78, 5) is 12.0. The SMILES string of the molecule is COc1ccc(OC)c(NC(=S)NC(=O)/C=C/c2ccc(Cl)cc2)c1. The van der Waals surface area contributed by atoms with E-state index in [-0.39, 0.29) is 11.0 Å². The molecule has 2 rings (SSSR count). The Morgan fingerprint density at radius 3 is 2.48 bits per heavy atom. The number of ether oxygens (including phenoxy) is 2. The fraction of sp³-hybridized carbons (Fsp3) is 0.111. The second kappa shape index (κ2) is 9.05. The highest BCUT2D eigenvalue weighted by Crippen LogP contribution is 2.28. The van der Waals surface area contributed by atoms with Crippen LogP contribution < -0.4 is 20.1 Å². The Hall–Kier alpha value is -2.57. The summed E-state index contributed by atoms with van der Waals surface area (Å²) < 4.78 is 10.4. The van der Waals surface area contributed by atoms with Gasteiger partial charge in [-0.1, -0.05) is 23.7 Å². The molecule has 0 aliphatic rings. The molecule has 0 radical (unpaired) electrons. The van der Waals surface area contributed by atoms with Crippen LogP contribution in [-0.4, -0.2) is 25.2 Å². The molecule has 0 spiro atoms. The first-order chi connectivity index (χ1) is 12.0. The number of hydrogen-bond donors (Lipinski definition) is 2. The van der Waals surface area contributed by atoms with Crippen molar-refractivity contribution >= 4 is 46.6 Å². The van der Waals surface area contributed by atoms with Crippen molar-refractivity contribution in [3.63, 3.8) is 0 Å². The summed E-state index contributed by atoms with van der Waals surface area (Å²) in [5.41, 5.74) is 1.45.